The molecule has 1 aromatic rings. The minimum atomic E-state index is -1.23. The molecule has 1 aromatic carbocycles. The van der Waals surface area contributed by atoms with Gasteiger partial charge in [-0.15, -0.1) is 0 Å². The van der Waals surface area contributed by atoms with Crippen molar-refractivity contribution in [3.05, 3.63) is 35.9 Å². The lowest BCUT2D eigenvalue weighted by Gasteiger charge is -2.23. The lowest BCUT2D eigenvalue weighted by Crippen LogP contribution is -2.53. The second kappa shape index (κ2) is 10.7. The SMILES string of the molecule is CC(C)[C@H](NC(=O)OCc1ccccc1)C(=O)N[C@@H](CCC#N)C(=O)O. The molecule has 1 rings (SSSR count). The van der Waals surface area contributed by atoms with Gasteiger partial charge in [-0.25, -0.2) is 9.59 Å². The van der Waals surface area contributed by atoms with Gasteiger partial charge in [0.2, 0.25) is 5.91 Å². The van der Waals surface area contributed by atoms with E-state index in [2.05, 4.69) is 10.6 Å². The average molecular weight is 361 g/mol. The van der Waals surface area contributed by atoms with Gasteiger partial charge in [0, 0.05) is 6.42 Å². The maximum absolute atomic E-state index is 12.3. The Bertz CT molecular complexity index is 655. The third kappa shape index (κ3) is 7.21. The van der Waals surface area contributed by atoms with Gasteiger partial charge in [0.15, 0.2) is 0 Å². The van der Waals surface area contributed by atoms with Crippen molar-refractivity contribution in [2.45, 2.75) is 45.4 Å². The fourth-order valence-electron chi connectivity index (χ4n) is 2.15. The van der Waals surface area contributed by atoms with Crippen molar-refractivity contribution in [2.75, 3.05) is 0 Å². The predicted octanol–water partition coefficient (Wildman–Crippen LogP) is 1.81. The largest absolute Gasteiger partial charge is 0.480 e. The highest BCUT2D eigenvalue weighted by Gasteiger charge is 2.28. The van der Waals surface area contributed by atoms with E-state index in [-0.39, 0.29) is 25.4 Å². The number of ether oxygens (including phenoxy) is 1. The van der Waals surface area contributed by atoms with Crippen molar-refractivity contribution >= 4 is 18.0 Å². The average Bonchev–Trinajstić information content (AvgIpc) is 2.61. The van der Waals surface area contributed by atoms with E-state index < -0.39 is 30.1 Å². The van der Waals surface area contributed by atoms with E-state index in [4.69, 9.17) is 15.1 Å². The number of rotatable bonds is 9. The molecule has 2 atom stereocenters. The van der Waals surface area contributed by atoms with Crippen LogP contribution >= 0.6 is 0 Å². The Balaban J connectivity index is 2.63. The number of benzene rings is 1. The first-order valence-electron chi connectivity index (χ1n) is 8.22. The highest BCUT2D eigenvalue weighted by molar-refractivity contribution is 5.89. The van der Waals surface area contributed by atoms with Crippen LogP contribution in [0.15, 0.2) is 30.3 Å². The second-order valence-electron chi connectivity index (χ2n) is 6.02. The van der Waals surface area contributed by atoms with Crippen LogP contribution < -0.4 is 10.6 Å². The molecule has 0 radical (unpaired) electrons. The molecule has 3 N–H and O–H groups in total. The molecule has 0 aliphatic rings. The number of nitrogens with zero attached hydrogens (tertiary/aromatic N) is 1. The summed E-state index contributed by atoms with van der Waals surface area (Å²) in [7, 11) is 0. The van der Waals surface area contributed by atoms with Crippen molar-refractivity contribution in [1.82, 2.24) is 10.6 Å². The van der Waals surface area contributed by atoms with E-state index in [1.807, 2.05) is 24.3 Å². The smallest absolute Gasteiger partial charge is 0.408 e. The summed E-state index contributed by atoms with van der Waals surface area (Å²) in [6.45, 7) is 3.48. The van der Waals surface area contributed by atoms with Crippen LogP contribution in [0.3, 0.4) is 0 Å². The molecule has 26 heavy (non-hydrogen) atoms. The van der Waals surface area contributed by atoms with Gasteiger partial charge < -0.3 is 20.5 Å². The zero-order chi connectivity index (χ0) is 19.5. The van der Waals surface area contributed by atoms with Crippen LogP contribution in [0.2, 0.25) is 0 Å². The van der Waals surface area contributed by atoms with Gasteiger partial charge in [0.25, 0.3) is 0 Å². The molecular weight excluding hydrogens is 338 g/mol. The van der Waals surface area contributed by atoms with E-state index >= 15 is 0 Å². The summed E-state index contributed by atoms with van der Waals surface area (Å²) in [5.41, 5.74) is 0.802. The molecule has 8 nitrogen and oxygen atoms in total. The van der Waals surface area contributed by atoms with Crippen LogP contribution in [0.5, 0.6) is 0 Å². The van der Waals surface area contributed by atoms with Crippen LogP contribution in [0, 0.1) is 17.2 Å². The molecule has 0 saturated carbocycles. The van der Waals surface area contributed by atoms with Gasteiger partial charge in [-0.1, -0.05) is 44.2 Å². The number of aliphatic carboxylic acids is 1. The quantitative estimate of drug-likeness (QED) is 0.615. The minimum absolute atomic E-state index is 0.00383. The zero-order valence-corrected chi connectivity index (χ0v) is 14.8. The van der Waals surface area contributed by atoms with Crippen LogP contribution in [0.25, 0.3) is 0 Å². The Hall–Kier alpha value is -3.08. The number of nitrogens with one attached hydrogen (secondary N) is 2. The lowest BCUT2D eigenvalue weighted by molar-refractivity contribution is -0.142. The van der Waals surface area contributed by atoms with Gasteiger partial charge in [-0.05, 0) is 17.9 Å². The summed E-state index contributed by atoms with van der Waals surface area (Å²) in [6, 6.07) is 8.76. The standard InChI is InChI=1S/C18H23N3O5/c1-12(2)15(16(22)20-14(17(23)24)9-6-10-19)21-18(25)26-11-13-7-4-3-5-8-13/h3-5,7-8,12,14-15H,6,9,11H2,1-2H3,(H,20,22)(H,21,25)(H,23,24)/t14-,15-/m0/s1. The Morgan fingerprint density at radius 1 is 1.19 bits per heavy atom. The number of hydrogen-bond donors (Lipinski definition) is 3. The molecule has 8 heteroatoms. The molecule has 0 bridgehead atoms. The van der Waals surface area contributed by atoms with E-state index in [0.29, 0.717) is 0 Å². The summed E-state index contributed by atoms with van der Waals surface area (Å²) in [6.07, 6.45) is -0.789. The van der Waals surface area contributed by atoms with Crippen molar-refractivity contribution in [1.29, 1.82) is 5.26 Å². The number of carboxylic acid groups (broad SMARTS) is 1. The Morgan fingerprint density at radius 2 is 1.85 bits per heavy atom. The number of hydrogen-bond acceptors (Lipinski definition) is 5. The first-order valence-corrected chi connectivity index (χ1v) is 8.22. The summed E-state index contributed by atoms with van der Waals surface area (Å²) in [4.78, 5) is 35.5. The van der Waals surface area contributed by atoms with E-state index in [9.17, 15) is 14.4 Å². The molecule has 0 saturated heterocycles. The molecule has 0 aliphatic heterocycles. The summed E-state index contributed by atoms with van der Waals surface area (Å²) >= 11 is 0. The first-order chi connectivity index (χ1) is 12.3. The normalized spacial score (nSPS) is 12.5. The summed E-state index contributed by atoms with van der Waals surface area (Å²) in [5, 5.41) is 22.5. The van der Waals surface area contributed by atoms with Crippen molar-refractivity contribution in [3.63, 3.8) is 0 Å². The molecule has 0 unspecified atom stereocenters. The van der Waals surface area contributed by atoms with Gasteiger partial charge in [0.1, 0.15) is 18.7 Å². The predicted molar refractivity (Wildman–Crippen MR) is 92.8 cm³/mol. The zero-order valence-electron chi connectivity index (χ0n) is 14.8. The monoisotopic (exact) mass is 361 g/mol. The highest BCUT2D eigenvalue weighted by Crippen LogP contribution is 2.06. The summed E-state index contributed by atoms with van der Waals surface area (Å²) < 4.78 is 5.09. The van der Waals surface area contributed by atoms with Gasteiger partial charge in [0.05, 0.1) is 6.07 Å². The van der Waals surface area contributed by atoms with Crippen molar-refractivity contribution in [2.24, 2.45) is 5.92 Å². The Labute approximate surface area is 152 Å². The molecule has 0 aromatic heterocycles. The fourth-order valence-corrected chi connectivity index (χ4v) is 2.15. The number of alkyl carbamates (subject to hydrolysis) is 1. The van der Waals surface area contributed by atoms with Gasteiger partial charge >= 0.3 is 12.1 Å². The van der Waals surface area contributed by atoms with Gasteiger partial charge in [-0.3, -0.25) is 4.79 Å². The van der Waals surface area contributed by atoms with Crippen molar-refractivity contribution < 1.29 is 24.2 Å². The van der Waals surface area contributed by atoms with E-state index in [0.717, 1.165) is 5.56 Å². The minimum Gasteiger partial charge on any atom is -0.480 e. The molecule has 0 spiro atoms. The molecule has 0 aliphatic carbocycles. The Kier molecular flexibility index (Phi) is 8.64. The maximum atomic E-state index is 12.3. The summed E-state index contributed by atoms with van der Waals surface area (Å²) in [5.74, 6) is -2.16. The number of carbonyl (C=O) groups excluding carboxylic acids is 2. The number of carbonyl (C=O) groups is 3. The molecule has 0 heterocycles. The lowest BCUT2D eigenvalue weighted by atomic mass is 10.0. The van der Waals surface area contributed by atoms with E-state index in [1.165, 1.54) is 0 Å². The highest BCUT2D eigenvalue weighted by atomic mass is 16.5. The number of carboxylic acids is 1. The fraction of sp³-hybridized carbons (Fsp3) is 0.444. The number of nitriles is 1. The maximum Gasteiger partial charge on any atom is 0.408 e. The van der Waals surface area contributed by atoms with Gasteiger partial charge in [-0.2, -0.15) is 5.26 Å². The van der Waals surface area contributed by atoms with E-state index in [1.54, 1.807) is 26.0 Å². The van der Waals surface area contributed by atoms with Crippen LogP contribution in [0.1, 0.15) is 32.3 Å². The molecular formula is C18H23N3O5. The third-order valence-corrected chi connectivity index (χ3v) is 3.59. The Morgan fingerprint density at radius 3 is 2.38 bits per heavy atom. The second-order valence-corrected chi connectivity index (χ2v) is 6.02. The molecule has 2 amide bonds. The van der Waals surface area contributed by atoms with Crippen LogP contribution in [-0.4, -0.2) is 35.2 Å². The first kappa shape index (κ1) is 21.0. The van der Waals surface area contributed by atoms with Crippen LogP contribution in [-0.2, 0) is 20.9 Å². The number of amides is 2. The topological polar surface area (TPSA) is 129 Å². The molecule has 0 fully saturated rings. The van der Waals surface area contributed by atoms with Crippen LogP contribution in [0.4, 0.5) is 4.79 Å². The third-order valence-electron chi connectivity index (χ3n) is 3.59. The molecule has 140 valence electrons. The van der Waals surface area contributed by atoms with Crippen molar-refractivity contribution in [3.8, 4) is 6.07 Å².